The Morgan fingerprint density at radius 1 is 0.492 bits per heavy atom. The number of carbonyl (C=O) groups excluding carboxylic acids is 3. The number of fused-ring (bicyclic) bond motifs is 1. The lowest BCUT2D eigenvalue weighted by Gasteiger charge is -2.13. The number of thioether (sulfide) groups is 2. The van der Waals surface area contributed by atoms with Gasteiger partial charge in [-0.05, 0) is 271 Å². The van der Waals surface area contributed by atoms with Gasteiger partial charge in [0.2, 0.25) is 0 Å². The highest BCUT2D eigenvalue weighted by Crippen LogP contribution is 2.44. The van der Waals surface area contributed by atoms with Crippen molar-refractivity contribution in [1.29, 1.82) is 26.3 Å². The number of allylic oxidation sites excluding steroid dienone is 6. The lowest BCUT2D eigenvalue weighted by Crippen LogP contribution is -2.05. The van der Waals surface area contributed by atoms with Crippen LogP contribution in [0.15, 0.2) is 255 Å². The van der Waals surface area contributed by atoms with Gasteiger partial charge in [0.25, 0.3) is 0 Å². The quantitative estimate of drug-likeness (QED) is 0.0206. The van der Waals surface area contributed by atoms with Gasteiger partial charge in [-0.15, -0.1) is 56.0 Å². The molecule has 0 unspecified atom stereocenters. The summed E-state index contributed by atoms with van der Waals surface area (Å²) in [5, 5.41) is 61.8. The summed E-state index contributed by atoms with van der Waals surface area (Å²) in [5.74, 6) is 2.77. The zero-order chi connectivity index (χ0) is 98.0. The van der Waals surface area contributed by atoms with Crippen molar-refractivity contribution >= 4 is 296 Å². The lowest BCUT2D eigenvalue weighted by atomic mass is 10.1. The van der Waals surface area contributed by atoms with E-state index in [1.807, 2.05) is 154 Å². The highest BCUT2D eigenvalue weighted by atomic mass is 79.9. The average molecular weight is 2430 g/mol. The fourth-order valence-corrected chi connectivity index (χ4v) is 18.6. The molecule has 9 aromatic carbocycles. The summed E-state index contributed by atoms with van der Waals surface area (Å²) in [4.78, 5) is 37.2. The van der Waals surface area contributed by atoms with Crippen LogP contribution in [0.25, 0.3) is 16.2 Å². The maximum atomic E-state index is 11.7. The molecule has 130 heavy (non-hydrogen) atoms. The molecule has 0 atom stereocenters. The molecule has 0 radical (unpaired) electrons. The first kappa shape index (κ1) is 118. The molecule has 0 fully saturated rings. The first-order chi connectivity index (χ1) is 61.9. The van der Waals surface area contributed by atoms with Crippen LogP contribution >= 0.6 is 252 Å². The number of nitriles is 5. The number of nitrogens with zero attached hydrogens (tertiary/aromatic N) is 5. The molecule has 0 aliphatic carbocycles. The molecule has 1 heterocycles. The van der Waals surface area contributed by atoms with Crippen LogP contribution in [-0.4, -0.2) is 59.5 Å². The zero-order valence-electron chi connectivity index (χ0n) is 70.5. The molecule has 0 aliphatic heterocycles. The van der Waals surface area contributed by atoms with E-state index in [1.54, 1.807) is 109 Å². The summed E-state index contributed by atoms with van der Waals surface area (Å²) in [7, 11) is 2.68. The van der Waals surface area contributed by atoms with Crippen LogP contribution in [0.1, 0.15) is 118 Å². The number of esters is 3. The van der Waals surface area contributed by atoms with E-state index in [2.05, 4.69) is 174 Å². The third kappa shape index (κ3) is 38.3. The molecular weight excluding hydrogens is 2350 g/mol. The van der Waals surface area contributed by atoms with Gasteiger partial charge in [-0.3, -0.25) is 4.79 Å². The van der Waals surface area contributed by atoms with Gasteiger partial charge in [-0.1, -0.05) is 203 Å². The standard InChI is InChI=1S/C14H14BrClO2S.C13H11BrClNS.C12H9BrClNO2.C12H9BrClNOS.C12H10O.2C10H7BrClNO.C10H6BrClO2S.C3H6S/c1-4-6-9-12(16)10(14(17)18-3)8-11(15)13(9)19-7-5-2;1-3-5-10-12(15)9(8-16)7-11(14)13(10)17-6-4-2;1-3-4-9-11(14)8(6-15)5-10(13)12(9)17-7(2)16;1-3-4-9-11(14)8(6-15)5-10(13)12(9)16-7(2)17;1-3-7-11(8-4-1)13-12-9-5-2-6-10-12;1-2-3-14-10-5-9(12)7(6-13)4-8(10)11;1-2-3-7-9(12)6(5-13)4-8(11)10(7)14;1-14-10(13)6-4-7(11)9-5(8(6)12)2-3-15-9;1-3(2)4/h4-8H,1-3H3;3-4,7H,1-2,5-6H2;2*3,5H,1,4H2,2H3;1-10H;2,4-5H,1,3H2;2,4,14H,1,3H2;2-4H,1H3;1-2H3. The number of hydrogen-bond acceptors (Lipinski definition) is 20. The van der Waals surface area contributed by atoms with E-state index in [1.165, 1.54) is 33.3 Å². The van der Waals surface area contributed by atoms with Crippen LogP contribution in [-0.2, 0) is 40.0 Å². The minimum Gasteiger partial charge on any atom is -0.506 e. The van der Waals surface area contributed by atoms with Crippen LogP contribution in [0.5, 0.6) is 34.5 Å². The molecule has 676 valence electrons. The van der Waals surface area contributed by atoms with Crippen LogP contribution < -0.4 is 18.9 Å². The molecule has 0 saturated carbocycles. The van der Waals surface area contributed by atoms with Crippen molar-refractivity contribution in [1.82, 2.24) is 0 Å². The van der Waals surface area contributed by atoms with Crippen LogP contribution in [0.3, 0.4) is 0 Å². The van der Waals surface area contributed by atoms with Gasteiger partial charge in [0.1, 0.15) is 71.5 Å². The van der Waals surface area contributed by atoms with Gasteiger partial charge in [-0.25, -0.2) is 9.59 Å². The number of para-hydroxylation sites is 2. The van der Waals surface area contributed by atoms with Crippen molar-refractivity contribution in [3.8, 4) is 64.8 Å². The van der Waals surface area contributed by atoms with E-state index in [-0.39, 0.29) is 15.8 Å². The van der Waals surface area contributed by atoms with Crippen molar-refractivity contribution in [3.05, 3.63) is 347 Å². The lowest BCUT2D eigenvalue weighted by molar-refractivity contribution is -0.132. The molecule has 10 rings (SSSR count). The largest absolute Gasteiger partial charge is 0.506 e. The Hall–Kier alpha value is -7.81. The maximum absolute atomic E-state index is 11.7. The fraction of sp³-hybridized carbons (Fsp3) is 0.146. The predicted molar refractivity (Wildman–Crippen MR) is 572 cm³/mol. The molecule has 0 spiro atoms. The van der Waals surface area contributed by atoms with Crippen LogP contribution in [0.4, 0.5) is 0 Å². The van der Waals surface area contributed by atoms with Gasteiger partial charge in [0.05, 0.1) is 106 Å². The number of rotatable bonds is 23. The summed E-state index contributed by atoms with van der Waals surface area (Å²) >= 11 is 80.2. The van der Waals surface area contributed by atoms with Crippen molar-refractivity contribution in [2.45, 2.75) is 77.0 Å². The number of thiocarbonyl (C=S) groups is 2. The second-order valence-electron chi connectivity index (χ2n) is 24.9. The third-order valence-corrected chi connectivity index (χ3v) is 26.5. The Morgan fingerprint density at radius 3 is 1.34 bits per heavy atom. The number of carbonyl (C=O) groups is 3. The van der Waals surface area contributed by atoms with E-state index in [9.17, 15) is 19.5 Å². The van der Waals surface area contributed by atoms with Crippen molar-refractivity contribution in [2.24, 2.45) is 0 Å². The Morgan fingerprint density at radius 2 is 0.908 bits per heavy atom. The molecule has 10 aromatic rings. The second-order valence-corrected chi connectivity index (χ2v) is 37.8. The first-order valence-electron chi connectivity index (χ1n) is 37.1. The number of benzene rings is 9. The Kier molecular flexibility index (Phi) is 58.4. The number of ether oxygens (including phenoxy) is 6. The van der Waals surface area contributed by atoms with E-state index in [0.717, 1.165) is 66.5 Å². The van der Waals surface area contributed by atoms with E-state index < -0.39 is 17.9 Å². The van der Waals surface area contributed by atoms with Gasteiger partial charge >= 0.3 is 17.9 Å². The van der Waals surface area contributed by atoms with Gasteiger partial charge in [0, 0.05) is 81.2 Å². The molecule has 15 nitrogen and oxygen atoms in total. The number of hydrogen-bond donors (Lipinski definition) is 1. The average Bonchev–Trinajstić information content (AvgIpc) is 1.28. The molecule has 1 N–H and O–H groups in total. The minimum atomic E-state index is -0.447. The zero-order valence-corrected chi connectivity index (χ0v) is 91.0. The van der Waals surface area contributed by atoms with Crippen molar-refractivity contribution in [3.63, 3.8) is 0 Å². The van der Waals surface area contributed by atoms with Crippen molar-refractivity contribution in [2.75, 3.05) is 26.6 Å². The number of halogens is 14. The summed E-state index contributed by atoms with van der Waals surface area (Å²) in [6.07, 6.45) is 17.9. The summed E-state index contributed by atoms with van der Waals surface area (Å²) in [6, 6.07) is 44.4. The molecule has 0 amide bonds. The van der Waals surface area contributed by atoms with E-state index in [4.69, 9.17) is 143 Å². The Bertz CT molecular complexity index is 5920. The summed E-state index contributed by atoms with van der Waals surface area (Å²) < 4.78 is 36.8. The Balaban J connectivity index is 0.000000501. The topological polar surface area (TPSA) is 246 Å². The SMILES string of the molecule is C=CCOc1cc(Cl)c(C#N)cc1Br.C=CCSc1c(Br)cc(C#N)c(Cl)c1CC=C.C=CCc1c(Cl)c(C#N)cc(Br)c1OC(C)=O.C=CCc1c(Cl)c(C#N)cc(Br)c1OC(C)=S.C=CCc1c(O)c(Br)cc(C#N)c1Cl.CC(C)=S.CC=CSc1c(Br)cc(C(=O)OC)c(Cl)c1C=CC.COC(=O)c1cc(Br)c2sccc2c1Cl.c1ccc(Oc2ccccc2)cc1. The number of phenolic OH excluding ortho intramolecular Hbond substituents is 1. The number of methoxy groups -OCH3 is 2. The normalized spacial score (nSPS) is 9.82. The highest BCUT2D eigenvalue weighted by Gasteiger charge is 2.23. The number of aromatic hydroxyl groups is 1. The second kappa shape index (κ2) is 64.2. The first-order valence-corrected chi connectivity index (χ1v) is 48.8. The molecule has 0 saturated heterocycles. The minimum absolute atomic E-state index is 0.0638. The number of thiophene rings is 1. The maximum Gasteiger partial charge on any atom is 0.339 e. The van der Waals surface area contributed by atoms with Crippen LogP contribution in [0.2, 0.25) is 35.2 Å². The monoisotopic (exact) mass is 2420 g/mol. The smallest absolute Gasteiger partial charge is 0.339 e. The summed E-state index contributed by atoms with van der Waals surface area (Å²) in [6.45, 7) is 32.8. The Labute approximate surface area is 875 Å². The fourth-order valence-electron chi connectivity index (χ4n) is 9.87. The van der Waals surface area contributed by atoms with E-state index in [0.29, 0.717) is 153 Å². The highest BCUT2D eigenvalue weighted by molar-refractivity contribution is 9.11. The van der Waals surface area contributed by atoms with E-state index >= 15 is 0 Å². The molecule has 34 heteroatoms. The molecule has 1 aromatic heterocycles. The molecule has 0 aliphatic rings. The van der Waals surface area contributed by atoms with Crippen molar-refractivity contribution < 1.29 is 47.9 Å². The molecular formula is C96H79Br7Cl7N5O10S5. The van der Waals surface area contributed by atoms with Gasteiger partial charge < -0.3 is 33.5 Å². The number of phenols is 1. The summed E-state index contributed by atoms with van der Waals surface area (Å²) in [5.41, 5.74) is 6.26. The van der Waals surface area contributed by atoms with Gasteiger partial charge in [-0.2, -0.15) is 26.3 Å². The predicted octanol–water partition coefficient (Wildman–Crippen LogP) is 34.5. The third-order valence-electron chi connectivity index (χ3n) is 15.3. The van der Waals surface area contributed by atoms with Gasteiger partial charge in [0.15, 0.2) is 5.05 Å². The van der Waals surface area contributed by atoms with Crippen LogP contribution in [0, 0.1) is 56.7 Å². The molecule has 0 bridgehead atoms.